The second-order valence-electron chi connectivity index (χ2n) is 9.35. The van der Waals surface area contributed by atoms with Crippen LogP contribution in [0, 0.1) is 0 Å². The van der Waals surface area contributed by atoms with Crippen LogP contribution in [0.25, 0.3) is 0 Å². The van der Waals surface area contributed by atoms with Gasteiger partial charge in [0.15, 0.2) is 0 Å². The van der Waals surface area contributed by atoms with E-state index in [4.69, 9.17) is 19.7 Å². The second-order valence-corrected chi connectivity index (χ2v) is 9.35. The maximum absolute atomic E-state index is 12.4. The quantitative estimate of drug-likeness (QED) is 0.123. The predicted molar refractivity (Wildman–Crippen MR) is 147 cm³/mol. The number of aliphatic carboxylic acids is 2. The third-order valence-corrected chi connectivity index (χ3v) is 5.88. The largest absolute Gasteiger partial charge is 0.481 e. The Kier molecular flexibility index (Phi) is 22.6. The molecule has 1 rings (SSSR count). The zero-order chi connectivity index (χ0) is 28.4. The first kappa shape index (κ1) is 35.1. The van der Waals surface area contributed by atoms with Crippen LogP contribution in [-0.2, 0) is 19.1 Å². The lowest BCUT2D eigenvalue weighted by atomic mass is 10.1. The number of ether oxygens (including phenoxy) is 2. The van der Waals surface area contributed by atoms with Gasteiger partial charge in [0.25, 0.3) is 0 Å². The number of benzene rings is 1. The highest BCUT2D eigenvalue weighted by Gasteiger charge is 2.18. The molecule has 0 fully saturated rings. The second kappa shape index (κ2) is 24.4. The van der Waals surface area contributed by atoms with E-state index < -0.39 is 23.9 Å². The number of esters is 2. The molecule has 2 N–H and O–H groups in total. The van der Waals surface area contributed by atoms with Crippen LogP contribution in [0.1, 0.15) is 137 Å². The van der Waals surface area contributed by atoms with E-state index >= 15 is 0 Å². The van der Waals surface area contributed by atoms with Gasteiger partial charge >= 0.3 is 23.9 Å². The van der Waals surface area contributed by atoms with Gasteiger partial charge in [-0.3, -0.25) is 9.59 Å². The van der Waals surface area contributed by atoms with E-state index in [1.165, 1.54) is 64.2 Å². The van der Waals surface area contributed by atoms with Gasteiger partial charge < -0.3 is 19.7 Å². The minimum atomic E-state index is -1.08. The molecule has 0 aliphatic rings. The van der Waals surface area contributed by atoms with Crippen LogP contribution in [0.3, 0.4) is 0 Å². The summed E-state index contributed by atoms with van der Waals surface area (Å²) >= 11 is 0. The Bertz CT molecular complexity index is 776. The van der Waals surface area contributed by atoms with Crippen molar-refractivity contribution in [3.8, 4) is 0 Å². The monoisotopic (exact) mass is 536 g/mol. The molecule has 0 unspecified atom stereocenters. The van der Waals surface area contributed by atoms with E-state index in [1.54, 1.807) is 24.3 Å². The van der Waals surface area contributed by atoms with E-state index in [0.717, 1.165) is 25.7 Å². The van der Waals surface area contributed by atoms with Gasteiger partial charge in [-0.15, -0.1) is 0 Å². The molecule has 0 bridgehead atoms. The highest BCUT2D eigenvalue weighted by atomic mass is 16.5. The van der Waals surface area contributed by atoms with E-state index in [1.807, 2.05) is 0 Å². The zero-order valence-electron chi connectivity index (χ0n) is 23.4. The zero-order valence-corrected chi connectivity index (χ0v) is 23.4. The van der Waals surface area contributed by atoms with E-state index in [2.05, 4.69) is 13.8 Å². The molecule has 0 aliphatic heterocycles. The average Bonchev–Trinajstić information content (AvgIpc) is 2.90. The summed E-state index contributed by atoms with van der Waals surface area (Å²) in [4.78, 5) is 44.1. The van der Waals surface area contributed by atoms with Crippen molar-refractivity contribution in [2.75, 3.05) is 13.2 Å². The van der Waals surface area contributed by atoms with Crippen molar-refractivity contribution in [2.45, 2.75) is 117 Å². The van der Waals surface area contributed by atoms with Crippen molar-refractivity contribution in [1.82, 2.24) is 0 Å². The van der Waals surface area contributed by atoms with Crippen LogP contribution in [0.4, 0.5) is 0 Å². The van der Waals surface area contributed by atoms with Crippen LogP contribution in [0.2, 0.25) is 0 Å². The first-order valence-electron chi connectivity index (χ1n) is 14.2. The topological polar surface area (TPSA) is 127 Å². The number of carboxylic acid groups (broad SMARTS) is 2. The molecule has 8 heteroatoms. The predicted octanol–water partition coefficient (Wildman–Crippen LogP) is 7.44. The lowest BCUT2D eigenvalue weighted by Crippen LogP contribution is -2.15. The molecule has 0 atom stereocenters. The molecule has 0 aromatic heterocycles. The summed E-state index contributed by atoms with van der Waals surface area (Å²) in [6.07, 6.45) is 15.8. The standard InChI is InChI=1S/C26H42O4.C4H6O4/c1-3-5-7-9-11-12-14-18-22-30-26(28)24-20-16-15-19-23(24)25(27)29-21-17-13-10-8-6-4-2;5-3(6)1-2-4(7)8/h15-16,19-20H,3-14,17-18,21-22H2,1-2H3;1-2H2,(H,5,6)(H,7,8). The minimum Gasteiger partial charge on any atom is -0.481 e. The van der Waals surface area contributed by atoms with Crippen molar-refractivity contribution < 1.29 is 38.9 Å². The molecular weight excluding hydrogens is 488 g/mol. The normalized spacial score (nSPS) is 10.3. The summed E-state index contributed by atoms with van der Waals surface area (Å²) in [6.45, 7) is 5.21. The number of carbonyl (C=O) groups is 4. The molecule has 0 radical (unpaired) electrons. The van der Waals surface area contributed by atoms with E-state index in [0.29, 0.717) is 24.3 Å². The SMILES string of the molecule is CCCCCCCCCCOC(=O)c1ccccc1C(=O)OCCCCCCCC.O=C(O)CCC(=O)O. The summed E-state index contributed by atoms with van der Waals surface area (Å²) in [7, 11) is 0. The summed E-state index contributed by atoms with van der Waals surface area (Å²) in [5, 5.41) is 15.8. The Labute approximate surface area is 228 Å². The van der Waals surface area contributed by atoms with Crippen molar-refractivity contribution in [3.05, 3.63) is 35.4 Å². The lowest BCUT2D eigenvalue weighted by molar-refractivity contribution is -0.143. The van der Waals surface area contributed by atoms with Gasteiger partial charge in [0.2, 0.25) is 0 Å². The molecule has 0 amide bonds. The van der Waals surface area contributed by atoms with Crippen LogP contribution in [0.15, 0.2) is 24.3 Å². The average molecular weight is 537 g/mol. The van der Waals surface area contributed by atoms with Gasteiger partial charge in [0.05, 0.1) is 37.2 Å². The molecule has 8 nitrogen and oxygen atoms in total. The molecule has 0 aliphatic carbocycles. The van der Waals surface area contributed by atoms with Crippen molar-refractivity contribution in [2.24, 2.45) is 0 Å². The van der Waals surface area contributed by atoms with Crippen LogP contribution in [-0.4, -0.2) is 47.3 Å². The van der Waals surface area contributed by atoms with Crippen LogP contribution >= 0.6 is 0 Å². The van der Waals surface area contributed by atoms with Crippen molar-refractivity contribution >= 4 is 23.9 Å². The maximum Gasteiger partial charge on any atom is 0.339 e. The van der Waals surface area contributed by atoms with Gasteiger partial charge in [0.1, 0.15) is 0 Å². The summed E-state index contributed by atoms with van der Waals surface area (Å²) in [5.74, 6) is -3.03. The fourth-order valence-electron chi connectivity index (χ4n) is 3.66. The smallest absolute Gasteiger partial charge is 0.339 e. The summed E-state index contributed by atoms with van der Waals surface area (Å²) < 4.78 is 10.8. The molecule has 1 aromatic rings. The Morgan fingerprint density at radius 1 is 0.553 bits per heavy atom. The number of carboxylic acids is 2. The number of hydrogen-bond acceptors (Lipinski definition) is 6. The molecule has 0 heterocycles. The van der Waals surface area contributed by atoms with E-state index in [-0.39, 0.29) is 12.8 Å². The molecule has 0 saturated heterocycles. The first-order chi connectivity index (χ1) is 18.3. The van der Waals surface area contributed by atoms with Crippen LogP contribution in [0.5, 0.6) is 0 Å². The Hall–Kier alpha value is -2.90. The Balaban J connectivity index is 0.00000147. The Morgan fingerprint density at radius 2 is 0.868 bits per heavy atom. The third-order valence-electron chi connectivity index (χ3n) is 5.88. The van der Waals surface area contributed by atoms with E-state index in [9.17, 15) is 19.2 Å². The van der Waals surface area contributed by atoms with Gasteiger partial charge in [-0.1, -0.05) is 103 Å². The van der Waals surface area contributed by atoms with Gasteiger partial charge in [0, 0.05) is 0 Å². The van der Waals surface area contributed by atoms with Gasteiger partial charge in [-0.05, 0) is 25.0 Å². The molecule has 216 valence electrons. The molecule has 0 saturated carbocycles. The summed E-state index contributed by atoms with van der Waals surface area (Å²) in [6, 6.07) is 6.77. The van der Waals surface area contributed by atoms with Crippen LogP contribution < -0.4 is 0 Å². The minimum absolute atomic E-state index is 0.296. The highest BCUT2D eigenvalue weighted by molar-refractivity contribution is 6.03. The highest BCUT2D eigenvalue weighted by Crippen LogP contribution is 2.14. The lowest BCUT2D eigenvalue weighted by Gasteiger charge is -2.10. The van der Waals surface area contributed by atoms with Crippen molar-refractivity contribution in [3.63, 3.8) is 0 Å². The summed E-state index contributed by atoms with van der Waals surface area (Å²) in [5.41, 5.74) is 0.592. The number of hydrogen-bond donors (Lipinski definition) is 2. The van der Waals surface area contributed by atoms with Gasteiger partial charge in [-0.2, -0.15) is 0 Å². The van der Waals surface area contributed by atoms with Gasteiger partial charge in [-0.25, -0.2) is 9.59 Å². The Morgan fingerprint density at radius 3 is 1.18 bits per heavy atom. The first-order valence-corrected chi connectivity index (χ1v) is 14.2. The number of rotatable bonds is 21. The molecule has 1 aromatic carbocycles. The fraction of sp³-hybridized carbons (Fsp3) is 0.667. The maximum atomic E-state index is 12.4. The molecule has 0 spiro atoms. The molecular formula is C30H48O8. The van der Waals surface area contributed by atoms with Crippen molar-refractivity contribution in [1.29, 1.82) is 0 Å². The molecule has 38 heavy (non-hydrogen) atoms. The third kappa shape index (κ3) is 20.2. The fourth-order valence-corrected chi connectivity index (χ4v) is 3.66. The number of unbranched alkanes of at least 4 members (excludes halogenated alkanes) is 12. The number of carbonyl (C=O) groups excluding carboxylic acids is 2.